The molecule has 0 radical (unpaired) electrons. The van der Waals surface area contributed by atoms with Crippen LogP contribution in [0, 0.1) is 12.3 Å². The zero-order valence-electron chi connectivity index (χ0n) is 11.6. The fraction of sp³-hybridized carbons (Fsp3) is 0.533. The van der Waals surface area contributed by atoms with Crippen molar-refractivity contribution >= 4 is 5.91 Å². The lowest BCUT2D eigenvalue weighted by atomic mass is 9.81. The van der Waals surface area contributed by atoms with Crippen molar-refractivity contribution in [2.24, 2.45) is 5.41 Å². The number of nitrogens with one attached hydrogen (secondary N) is 2. The van der Waals surface area contributed by atoms with Crippen LogP contribution in [0.2, 0.25) is 0 Å². The van der Waals surface area contributed by atoms with Crippen molar-refractivity contribution < 1.29 is 9.90 Å². The van der Waals surface area contributed by atoms with E-state index in [4.69, 9.17) is 0 Å². The summed E-state index contributed by atoms with van der Waals surface area (Å²) in [6.07, 6.45) is 2.15. The molecule has 2 rings (SSSR count). The summed E-state index contributed by atoms with van der Waals surface area (Å²) in [7, 11) is 0. The van der Waals surface area contributed by atoms with Gasteiger partial charge in [-0.15, -0.1) is 0 Å². The topological polar surface area (TPSA) is 61.4 Å². The van der Waals surface area contributed by atoms with Crippen LogP contribution >= 0.6 is 0 Å². The Morgan fingerprint density at radius 1 is 1.42 bits per heavy atom. The van der Waals surface area contributed by atoms with E-state index < -0.39 is 0 Å². The van der Waals surface area contributed by atoms with Crippen LogP contribution in [-0.4, -0.2) is 30.6 Å². The molecular formula is C15H22N2O2. The van der Waals surface area contributed by atoms with E-state index in [9.17, 15) is 9.90 Å². The molecule has 4 nitrogen and oxygen atoms in total. The predicted molar refractivity (Wildman–Crippen MR) is 75.4 cm³/mol. The Morgan fingerprint density at radius 2 is 2.11 bits per heavy atom. The fourth-order valence-corrected chi connectivity index (χ4v) is 2.35. The van der Waals surface area contributed by atoms with Crippen molar-refractivity contribution in [3.8, 4) is 5.75 Å². The molecule has 1 saturated heterocycles. The van der Waals surface area contributed by atoms with Gasteiger partial charge < -0.3 is 15.7 Å². The number of aromatic hydroxyl groups is 1. The smallest absolute Gasteiger partial charge is 0.251 e. The van der Waals surface area contributed by atoms with Crippen molar-refractivity contribution in [3.05, 3.63) is 29.3 Å². The Kier molecular flexibility index (Phi) is 4.10. The molecule has 1 amide bonds. The minimum atomic E-state index is -0.116. The summed E-state index contributed by atoms with van der Waals surface area (Å²) < 4.78 is 0. The third kappa shape index (κ3) is 3.47. The molecule has 1 aromatic carbocycles. The van der Waals surface area contributed by atoms with Crippen molar-refractivity contribution in [1.29, 1.82) is 0 Å². The Balaban J connectivity index is 1.95. The van der Waals surface area contributed by atoms with Gasteiger partial charge in [0, 0.05) is 12.1 Å². The minimum Gasteiger partial charge on any atom is -0.508 e. The Morgan fingerprint density at radius 3 is 2.74 bits per heavy atom. The highest BCUT2D eigenvalue weighted by molar-refractivity contribution is 5.94. The number of phenols is 1. The van der Waals surface area contributed by atoms with Gasteiger partial charge in [-0.3, -0.25) is 4.79 Å². The zero-order chi connectivity index (χ0) is 13.9. The van der Waals surface area contributed by atoms with Gasteiger partial charge in [-0.1, -0.05) is 13.0 Å². The van der Waals surface area contributed by atoms with Gasteiger partial charge in [-0.05, 0) is 56.0 Å². The third-order valence-corrected chi connectivity index (χ3v) is 3.96. The zero-order valence-corrected chi connectivity index (χ0v) is 11.6. The van der Waals surface area contributed by atoms with Gasteiger partial charge >= 0.3 is 0 Å². The number of carbonyl (C=O) groups is 1. The number of phenolic OH excluding ortho intramolecular Hbond substituents is 1. The van der Waals surface area contributed by atoms with Crippen LogP contribution in [-0.2, 0) is 0 Å². The first-order valence-electron chi connectivity index (χ1n) is 6.79. The average Bonchev–Trinajstić information content (AvgIpc) is 2.40. The second-order valence-corrected chi connectivity index (χ2v) is 5.74. The summed E-state index contributed by atoms with van der Waals surface area (Å²) in [5.74, 6) is 0.0517. The minimum absolute atomic E-state index is 0.116. The van der Waals surface area contributed by atoms with Gasteiger partial charge in [0.2, 0.25) is 0 Å². The lowest BCUT2D eigenvalue weighted by Gasteiger charge is -2.34. The number of aryl methyl sites for hydroxylation is 1. The molecule has 0 atom stereocenters. The summed E-state index contributed by atoms with van der Waals surface area (Å²) in [6.45, 7) is 6.73. The fourth-order valence-electron chi connectivity index (χ4n) is 2.35. The molecule has 4 heteroatoms. The van der Waals surface area contributed by atoms with E-state index in [2.05, 4.69) is 17.6 Å². The molecule has 0 saturated carbocycles. The number of benzene rings is 1. The second-order valence-electron chi connectivity index (χ2n) is 5.74. The van der Waals surface area contributed by atoms with Crippen LogP contribution in [0.1, 0.15) is 35.7 Å². The number of hydrogen-bond donors (Lipinski definition) is 3. The lowest BCUT2D eigenvalue weighted by molar-refractivity contribution is 0.0922. The molecule has 1 heterocycles. The number of piperidine rings is 1. The lowest BCUT2D eigenvalue weighted by Crippen LogP contribution is -2.42. The Bertz CT molecular complexity index is 465. The van der Waals surface area contributed by atoms with Crippen molar-refractivity contribution in [2.45, 2.75) is 26.7 Å². The van der Waals surface area contributed by atoms with E-state index in [1.54, 1.807) is 12.1 Å². The second kappa shape index (κ2) is 5.61. The summed E-state index contributed by atoms with van der Waals surface area (Å²) in [5.41, 5.74) is 1.47. The molecule has 1 aromatic rings. The first-order chi connectivity index (χ1) is 9.00. The molecule has 1 aliphatic heterocycles. The van der Waals surface area contributed by atoms with E-state index in [1.165, 1.54) is 6.07 Å². The molecule has 0 aliphatic carbocycles. The molecule has 0 unspecified atom stereocenters. The largest absolute Gasteiger partial charge is 0.508 e. The highest BCUT2D eigenvalue weighted by Gasteiger charge is 2.27. The van der Waals surface area contributed by atoms with E-state index >= 15 is 0 Å². The van der Waals surface area contributed by atoms with Gasteiger partial charge in [0.15, 0.2) is 0 Å². The summed E-state index contributed by atoms with van der Waals surface area (Å²) >= 11 is 0. The molecular weight excluding hydrogens is 240 g/mol. The molecule has 0 bridgehead atoms. The normalized spacial score (nSPS) is 18.0. The summed E-state index contributed by atoms with van der Waals surface area (Å²) in [5, 5.41) is 15.9. The molecule has 3 N–H and O–H groups in total. The molecule has 19 heavy (non-hydrogen) atoms. The SMILES string of the molecule is Cc1ccc(C(=O)NCC2(C)CCNCC2)cc1O. The van der Waals surface area contributed by atoms with Gasteiger partial charge in [-0.2, -0.15) is 0 Å². The van der Waals surface area contributed by atoms with Crippen LogP contribution in [0.3, 0.4) is 0 Å². The summed E-state index contributed by atoms with van der Waals surface area (Å²) in [6, 6.07) is 5.03. The monoisotopic (exact) mass is 262 g/mol. The van der Waals surface area contributed by atoms with Crippen LogP contribution in [0.25, 0.3) is 0 Å². The number of rotatable bonds is 3. The number of amides is 1. The maximum absolute atomic E-state index is 12.1. The maximum atomic E-state index is 12.1. The Hall–Kier alpha value is -1.55. The van der Waals surface area contributed by atoms with Gasteiger partial charge in [0.1, 0.15) is 5.75 Å². The van der Waals surface area contributed by atoms with Crippen LogP contribution in [0.5, 0.6) is 5.75 Å². The predicted octanol–water partition coefficient (Wildman–Crippen LogP) is 1.82. The Labute approximate surface area is 114 Å². The standard InChI is InChI=1S/C15H22N2O2/c1-11-3-4-12(9-13(11)18)14(19)17-10-15(2)5-7-16-8-6-15/h3-4,9,16,18H,5-8,10H2,1-2H3,(H,17,19). The first-order valence-corrected chi connectivity index (χ1v) is 6.79. The number of hydrogen-bond acceptors (Lipinski definition) is 3. The maximum Gasteiger partial charge on any atom is 0.251 e. The quantitative estimate of drug-likeness (QED) is 0.778. The number of carbonyl (C=O) groups excluding carboxylic acids is 1. The van der Waals surface area contributed by atoms with E-state index in [0.717, 1.165) is 31.5 Å². The van der Waals surface area contributed by atoms with Crippen LogP contribution in [0.15, 0.2) is 18.2 Å². The van der Waals surface area contributed by atoms with Crippen LogP contribution < -0.4 is 10.6 Å². The van der Waals surface area contributed by atoms with Gasteiger partial charge in [0.25, 0.3) is 5.91 Å². The van der Waals surface area contributed by atoms with E-state index in [-0.39, 0.29) is 17.1 Å². The van der Waals surface area contributed by atoms with Gasteiger partial charge in [-0.25, -0.2) is 0 Å². The third-order valence-electron chi connectivity index (χ3n) is 3.96. The highest BCUT2D eigenvalue weighted by atomic mass is 16.3. The van der Waals surface area contributed by atoms with Crippen molar-refractivity contribution in [3.63, 3.8) is 0 Å². The summed E-state index contributed by atoms with van der Waals surface area (Å²) in [4.78, 5) is 12.1. The molecule has 0 aromatic heterocycles. The van der Waals surface area contributed by atoms with Crippen molar-refractivity contribution in [1.82, 2.24) is 10.6 Å². The first kappa shape index (κ1) is 13.9. The molecule has 104 valence electrons. The van der Waals surface area contributed by atoms with Gasteiger partial charge in [0.05, 0.1) is 0 Å². The highest BCUT2D eigenvalue weighted by Crippen LogP contribution is 2.27. The van der Waals surface area contributed by atoms with E-state index in [1.807, 2.05) is 6.92 Å². The average molecular weight is 262 g/mol. The molecule has 0 spiro atoms. The van der Waals surface area contributed by atoms with Crippen molar-refractivity contribution in [2.75, 3.05) is 19.6 Å². The molecule has 1 fully saturated rings. The molecule has 1 aliphatic rings. The van der Waals surface area contributed by atoms with E-state index in [0.29, 0.717) is 12.1 Å². The van der Waals surface area contributed by atoms with Crippen LogP contribution in [0.4, 0.5) is 0 Å².